The first kappa shape index (κ1) is 18.0. The van der Waals surface area contributed by atoms with E-state index in [4.69, 9.17) is 5.73 Å². The summed E-state index contributed by atoms with van der Waals surface area (Å²) in [5, 5.41) is 12.5. The Morgan fingerprint density at radius 3 is 2.57 bits per heavy atom. The number of rotatable bonds is 6. The van der Waals surface area contributed by atoms with Gasteiger partial charge in [-0.3, -0.25) is 4.79 Å². The van der Waals surface area contributed by atoms with Crippen LogP contribution >= 0.6 is 12.4 Å². The number of aliphatic hydroxyl groups is 1. The number of carbonyl (C=O) groups excluding carboxylic acids is 1. The van der Waals surface area contributed by atoms with Crippen molar-refractivity contribution in [3.8, 4) is 0 Å². The molecule has 1 saturated carbocycles. The van der Waals surface area contributed by atoms with Gasteiger partial charge in [-0.2, -0.15) is 0 Å². The highest BCUT2D eigenvalue weighted by Crippen LogP contribution is 2.24. The molecular formula is C16H25ClN2O2. The number of unbranched alkanes of at least 4 members (excludes halogenated alkanes) is 1. The standard InChI is InChI=1S/C16H24N2O2.ClH/c17-14-10-13(11-15(14)19)16(20)18-9-5-4-8-12-6-2-1-3-7-12;/h1-3,6-7,13-15,19H,4-5,8-11,17H2,(H,18,20);1H/t13-,14+,15+;/m0./s1. The van der Waals surface area contributed by atoms with Crippen molar-refractivity contribution in [2.24, 2.45) is 11.7 Å². The summed E-state index contributed by atoms with van der Waals surface area (Å²) < 4.78 is 0. The Morgan fingerprint density at radius 1 is 1.24 bits per heavy atom. The number of hydrogen-bond donors (Lipinski definition) is 3. The van der Waals surface area contributed by atoms with Crippen molar-refractivity contribution in [3.63, 3.8) is 0 Å². The lowest BCUT2D eigenvalue weighted by atomic mass is 10.1. The van der Waals surface area contributed by atoms with Gasteiger partial charge in [-0.1, -0.05) is 30.3 Å². The third-order valence-corrected chi connectivity index (χ3v) is 3.98. The molecule has 21 heavy (non-hydrogen) atoms. The molecule has 118 valence electrons. The van der Waals surface area contributed by atoms with Crippen molar-refractivity contribution in [1.29, 1.82) is 0 Å². The van der Waals surface area contributed by atoms with Crippen LogP contribution in [-0.4, -0.2) is 29.7 Å². The first-order valence-corrected chi connectivity index (χ1v) is 7.42. The number of halogens is 1. The number of nitrogens with two attached hydrogens (primary N) is 1. The molecule has 1 aliphatic rings. The quantitative estimate of drug-likeness (QED) is 0.699. The van der Waals surface area contributed by atoms with Crippen LogP contribution in [-0.2, 0) is 11.2 Å². The number of aryl methyl sites for hydroxylation is 1. The number of benzene rings is 1. The van der Waals surface area contributed by atoms with Gasteiger partial charge in [-0.15, -0.1) is 12.4 Å². The topological polar surface area (TPSA) is 75.4 Å². The second-order valence-corrected chi connectivity index (χ2v) is 5.63. The van der Waals surface area contributed by atoms with Crippen LogP contribution in [0.15, 0.2) is 30.3 Å². The number of nitrogens with one attached hydrogen (secondary N) is 1. The highest BCUT2D eigenvalue weighted by Gasteiger charge is 2.34. The summed E-state index contributed by atoms with van der Waals surface area (Å²) in [4.78, 5) is 11.9. The molecular weight excluding hydrogens is 288 g/mol. The third-order valence-electron chi connectivity index (χ3n) is 3.98. The van der Waals surface area contributed by atoms with Crippen molar-refractivity contribution in [2.75, 3.05) is 6.54 Å². The molecule has 0 unspecified atom stereocenters. The van der Waals surface area contributed by atoms with Crippen LogP contribution in [0.3, 0.4) is 0 Å². The maximum atomic E-state index is 11.9. The lowest BCUT2D eigenvalue weighted by Gasteiger charge is -2.10. The van der Waals surface area contributed by atoms with Crippen molar-refractivity contribution in [3.05, 3.63) is 35.9 Å². The number of hydrogen-bond acceptors (Lipinski definition) is 3. The van der Waals surface area contributed by atoms with E-state index >= 15 is 0 Å². The fourth-order valence-electron chi connectivity index (χ4n) is 2.72. The molecule has 1 aromatic rings. The van der Waals surface area contributed by atoms with Gasteiger partial charge >= 0.3 is 0 Å². The van der Waals surface area contributed by atoms with Crippen molar-refractivity contribution < 1.29 is 9.90 Å². The van der Waals surface area contributed by atoms with E-state index in [0.717, 1.165) is 19.3 Å². The summed E-state index contributed by atoms with van der Waals surface area (Å²) in [7, 11) is 0. The SMILES string of the molecule is Cl.N[C@@H]1C[C@H](C(=O)NCCCCc2ccccc2)C[C@H]1O. The molecule has 1 fully saturated rings. The molecule has 4 N–H and O–H groups in total. The predicted molar refractivity (Wildman–Crippen MR) is 86.3 cm³/mol. The van der Waals surface area contributed by atoms with Gasteiger partial charge in [0.2, 0.25) is 5.91 Å². The molecule has 0 saturated heterocycles. The van der Waals surface area contributed by atoms with Crippen LogP contribution in [0.5, 0.6) is 0 Å². The number of aliphatic hydroxyl groups excluding tert-OH is 1. The Morgan fingerprint density at radius 2 is 1.95 bits per heavy atom. The molecule has 1 aromatic carbocycles. The number of amides is 1. The minimum absolute atomic E-state index is 0. The first-order chi connectivity index (χ1) is 9.66. The molecule has 0 spiro atoms. The van der Waals surface area contributed by atoms with Crippen LogP contribution in [0.25, 0.3) is 0 Å². The van der Waals surface area contributed by atoms with Crippen LogP contribution < -0.4 is 11.1 Å². The minimum atomic E-state index is -0.524. The molecule has 3 atom stereocenters. The van der Waals surface area contributed by atoms with Crippen molar-refractivity contribution >= 4 is 18.3 Å². The minimum Gasteiger partial charge on any atom is -0.391 e. The van der Waals surface area contributed by atoms with E-state index in [1.54, 1.807) is 0 Å². The van der Waals surface area contributed by atoms with Crippen LogP contribution in [0.2, 0.25) is 0 Å². The summed E-state index contributed by atoms with van der Waals surface area (Å²) in [5.41, 5.74) is 7.05. The van der Waals surface area contributed by atoms with Gasteiger partial charge in [0.15, 0.2) is 0 Å². The molecule has 0 bridgehead atoms. The monoisotopic (exact) mass is 312 g/mol. The van der Waals surface area contributed by atoms with E-state index < -0.39 is 6.10 Å². The van der Waals surface area contributed by atoms with Crippen LogP contribution in [0.1, 0.15) is 31.2 Å². The first-order valence-electron chi connectivity index (χ1n) is 7.42. The molecule has 0 heterocycles. The van der Waals surface area contributed by atoms with Gasteiger partial charge in [0.05, 0.1) is 6.10 Å². The Kier molecular flexibility index (Phi) is 7.72. The van der Waals surface area contributed by atoms with Gasteiger partial charge in [-0.25, -0.2) is 0 Å². The zero-order valence-corrected chi connectivity index (χ0v) is 13.0. The molecule has 2 rings (SSSR count). The molecule has 0 radical (unpaired) electrons. The lowest BCUT2D eigenvalue weighted by Crippen LogP contribution is -2.31. The van der Waals surface area contributed by atoms with Gasteiger partial charge in [0.25, 0.3) is 0 Å². The normalized spacial score (nSPS) is 24.4. The Bertz CT molecular complexity index is 418. The lowest BCUT2D eigenvalue weighted by molar-refractivity contribution is -0.125. The maximum absolute atomic E-state index is 11.9. The average molecular weight is 313 g/mol. The summed E-state index contributed by atoms with van der Waals surface area (Å²) >= 11 is 0. The largest absolute Gasteiger partial charge is 0.391 e. The maximum Gasteiger partial charge on any atom is 0.223 e. The molecule has 1 amide bonds. The van der Waals surface area contributed by atoms with Gasteiger partial charge in [0.1, 0.15) is 0 Å². The zero-order chi connectivity index (χ0) is 14.4. The van der Waals surface area contributed by atoms with Gasteiger partial charge < -0.3 is 16.2 Å². The Hall–Kier alpha value is -1.10. The highest BCUT2D eigenvalue weighted by molar-refractivity contribution is 5.85. The fraction of sp³-hybridized carbons (Fsp3) is 0.562. The summed E-state index contributed by atoms with van der Waals surface area (Å²) in [6.45, 7) is 0.702. The smallest absolute Gasteiger partial charge is 0.223 e. The van der Waals surface area contributed by atoms with E-state index in [-0.39, 0.29) is 30.3 Å². The predicted octanol–water partition coefficient (Wildman–Crippen LogP) is 1.65. The molecule has 1 aliphatic carbocycles. The van der Waals surface area contributed by atoms with Crippen molar-refractivity contribution in [2.45, 2.75) is 44.2 Å². The van der Waals surface area contributed by atoms with E-state index in [1.807, 2.05) is 18.2 Å². The fourth-order valence-corrected chi connectivity index (χ4v) is 2.72. The average Bonchev–Trinajstić information content (AvgIpc) is 2.79. The molecule has 0 aliphatic heterocycles. The van der Waals surface area contributed by atoms with Crippen LogP contribution in [0, 0.1) is 5.92 Å². The zero-order valence-electron chi connectivity index (χ0n) is 12.2. The summed E-state index contributed by atoms with van der Waals surface area (Å²) in [5.74, 6) is -0.0779. The number of carbonyl (C=O) groups is 1. The second-order valence-electron chi connectivity index (χ2n) is 5.63. The third kappa shape index (κ3) is 5.65. The van der Waals surface area contributed by atoms with Crippen molar-refractivity contribution in [1.82, 2.24) is 5.32 Å². The summed E-state index contributed by atoms with van der Waals surface area (Å²) in [6.07, 6.45) is 3.65. The Balaban J connectivity index is 0.00000220. The summed E-state index contributed by atoms with van der Waals surface area (Å²) in [6, 6.07) is 10.1. The Labute approximate surface area is 132 Å². The van der Waals surface area contributed by atoms with Gasteiger partial charge in [-0.05, 0) is 37.7 Å². The van der Waals surface area contributed by atoms with Crippen LogP contribution in [0.4, 0.5) is 0 Å². The van der Waals surface area contributed by atoms with E-state index in [0.29, 0.717) is 19.4 Å². The molecule has 4 nitrogen and oxygen atoms in total. The van der Waals surface area contributed by atoms with E-state index in [1.165, 1.54) is 5.56 Å². The van der Waals surface area contributed by atoms with E-state index in [2.05, 4.69) is 17.4 Å². The second kappa shape index (κ2) is 9.03. The molecule has 5 heteroatoms. The highest BCUT2D eigenvalue weighted by atomic mass is 35.5. The van der Waals surface area contributed by atoms with Gasteiger partial charge in [0, 0.05) is 18.5 Å². The molecule has 0 aromatic heterocycles. The van der Waals surface area contributed by atoms with E-state index in [9.17, 15) is 9.90 Å².